The van der Waals surface area contributed by atoms with Crippen LogP contribution >= 0.6 is 0 Å². The zero-order valence-electron chi connectivity index (χ0n) is 26.5. The van der Waals surface area contributed by atoms with Crippen molar-refractivity contribution in [3.05, 3.63) is 114 Å². The number of aryl methyl sites for hydroxylation is 2. The van der Waals surface area contributed by atoms with Gasteiger partial charge in [-0.3, -0.25) is 0 Å². The van der Waals surface area contributed by atoms with E-state index in [0.717, 1.165) is 34.3 Å². The maximum Gasteiger partial charge on any atom is 0.344 e. The fourth-order valence-corrected chi connectivity index (χ4v) is 10.6. The quantitative estimate of drug-likeness (QED) is 0.131. The minimum Gasteiger partial charge on any atom is -0.488 e. The summed E-state index contributed by atoms with van der Waals surface area (Å²) in [6, 6.07) is 33.8. The highest BCUT2D eigenvalue weighted by molar-refractivity contribution is 7.97. The fourth-order valence-electron chi connectivity index (χ4n) is 8.32. The van der Waals surface area contributed by atoms with Crippen molar-refractivity contribution in [2.75, 3.05) is 6.61 Å². The van der Waals surface area contributed by atoms with Gasteiger partial charge in [0, 0.05) is 12.1 Å². The first-order valence-electron chi connectivity index (χ1n) is 16.4. The largest absolute Gasteiger partial charge is 0.488 e. The summed E-state index contributed by atoms with van der Waals surface area (Å²) in [5, 5.41) is 0. The second kappa shape index (κ2) is 12.6. The number of carbonyl (C=O) groups excluding carboxylic acids is 1. The minimum absolute atomic E-state index is 0.0594. The van der Waals surface area contributed by atoms with E-state index in [4.69, 9.17) is 14.2 Å². The Balaban J connectivity index is 0.964. The smallest absolute Gasteiger partial charge is 0.344 e. The molecule has 0 aromatic heterocycles. The normalized spacial score (nSPS) is 24.9. The van der Waals surface area contributed by atoms with Gasteiger partial charge in [-0.25, -0.2) is 4.79 Å². The predicted molar refractivity (Wildman–Crippen MR) is 179 cm³/mol. The topological polar surface area (TPSA) is 44.8 Å². The lowest BCUT2D eigenvalue weighted by Crippen LogP contribution is -2.58. The summed E-state index contributed by atoms with van der Waals surface area (Å²) in [6.45, 7) is 6.83. The van der Waals surface area contributed by atoms with Crippen molar-refractivity contribution in [3.63, 3.8) is 0 Å². The lowest BCUT2D eigenvalue weighted by atomic mass is 9.50. The maximum atomic E-state index is 12.9. The molecule has 45 heavy (non-hydrogen) atoms. The zero-order valence-corrected chi connectivity index (χ0v) is 27.4. The van der Waals surface area contributed by atoms with Crippen molar-refractivity contribution in [1.29, 1.82) is 0 Å². The van der Waals surface area contributed by atoms with Gasteiger partial charge in [-0.1, -0.05) is 48.5 Å². The number of ether oxygens (including phenoxy) is 3. The van der Waals surface area contributed by atoms with Crippen LogP contribution in [0.1, 0.15) is 55.7 Å². The Morgan fingerprint density at radius 3 is 1.78 bits per heavy atom. The number of hydrogen-bond donors (Lipinski definition) is 0. The molecule has 0 saturated heterocycles. The van der Waals surface area contributed by atoms with Crippen LogP contribution < -0.4 is 9.47 Å². The highest BCUT2D eigenvalue weighted by atomic mass is 32.2. The summed E-state index contributed by atoms with van der Waals surface area (Å²) in [5.41, 5.74) is 2.97. The molecule has 4 nitrogen and oxygen atoms in total. The Kier molecular flexibility index (Phi) is 8.39. The molecule has 4 aromatic carbocycles. The first kappa shape index (κ1) is 30.0. The molecule has 0 spiro atoms. The molecule has 232 valence electrons. The Morgan fingerprint density at radius 2 is 1.24 bits per heavy atom. The molecule has 4 fully saturated rings. The molecular weight excluding hydrogens is 577 g/mol. The van der Waals surface area contributed by atoms with E-state index in [1.54, 1.807) is 0 Å². The van der Waals surface area contributed by atoms with Crippen LogP contribution in [0, 0.1) is 37.5 Å². The standard InChI is InChI=1S/C40H43O4S/c1-27-18-37(45(35-10-6-4-7-11-35)36-12-8-5-9-13-36)19-28(2)39(27)43-25-29-14-16-34(17-15-29)42-26-38(41)44-40(3)32-21-30-20-31(23-32)24-33(40)22-30/h4-19,30-33H,20-26H2,1-3H3/q+1. The van der Waals surface area contributed by atoms with Crippen molar-refractivity contribution in [1.82, 2.24) is 0 Å². The second-order valence-electron chi connectivity index (χ2n) is 13.5. The highest BCUT2D eigenvalue weighted by Crippen LogP contribution is 2.59. The number of carbonyl (C=O) groups is 1. The van der Waals surface area contributed by atoms with Gasteiger partial charge in [0.15, 0.2) is 21.3 Å². The molecule has 0 heterocycles. The third-order valence-corrected chi connectivity index (χ3v) is 12.6. The molecule has 0 atom stereocenters. The van der Waals surface area contributed by atoms with Gasteiger partial charge in [0.2, 0.25) is 0 Å². The molecule has 0 aliphatic heterocycles. The molecule has 4 bridgehead atoms. The average molecular weight is 620 g/mol. The van der Waals surface area contributed by atoms with Gasteiger partial charge >= 0.3 is 5.97 Å². The molecule has 4 aromatic rings. The van der Waals surface area contributed by atoms with Gasteiger partial charge in [-0.05, 0) is 130 Å². The Bertz CT molecular complexity index is 1540. The van der Waals surface area contributed by atoms with E-state index in [0.29, 0.717) is 24.2 Å². The lowest BCUT2D eigenvalue weighted by molar-refractivity contribution is -0.204. The second-order valence-corrected chi connectivity index (χ2v) is 15.5. The van der Waals surface area contributed by atoms with E-state index in [2.05, 4.69) is 93.6 Å². The third kappa shape index (κ3) is 6.24. The van der Waals surface area contributed by atoms with Crippen LogP contribution in [0.5, 0.6) is 11.5 Å². The lowest BCUT2D eigenvalue weighted by Gasteiger charge is -2.59. The van der Waals surface area contributed by atoms with E-state index >= 15 is 0 Å². The van der Waals surface area contributed by atoms with Crippen molar-refractivity contribution in [2.45, 2.75) is 79.8 Å². The van der Waals surface area contributed by atoms with Gasteiger partial charge in [-0.15, -0.1) is 0 Å². The first-order chi connectivity index (χ1) is 21.9. The number of hydrogen-bond acceptors (Lipinski definition) is 4. The Labute approximate surface area is 270 Å². The summed E-state index contributed by atoms with van der Waals surface area (Å²) >= 11 is 0. The minimum atomic E-state index is -0.325. The van der Waals surface area contributed by atoms with Crippen LogP contribution in [0.25, 0.3) is 0 Å². The van der Waals surface area contributed by atoms with Gasteiger partial charge in [0.05, 0.1) is 10.9 Å². The molecule has 0 N–H and O–H groups in total. The molecule has 0 amide bonds. The average Bonchev–Trinajstić information content (AvgIpc) is 3.04. The number of benzene rings is 4. The van der Waals surface area contributed by atoms with Crippen LogP contribution in [0.4, 0.5) is 0 Å². The zero-order chi connectivity index (χ0) is 31.0. The maximum absolute atomic E-state index is 12.9. The highest BCUT2D eigenvalue weighted by Gasteiger charge is 2.57. The van der Waals surface area contributed by atoms with Crippen molar-refractivity contribution < 1.29 is 19.0 Å². The molecular formula is C40H43O4S+. The van der Waals surface area contributed by atoms with E-state index in [1.807, 2.05) is 24.3 Å². The summed E-state index contributed by atoms with van der Waals surface area (Å²) < 4.78 is 18.4. The van der Waals surface area contributed by atoms with Crippen LogP contribution in [0.3, 0.4) is 0 Å². The van der Waals surface area contributed by atoms with E-state index in [1.165, 1.54) is 46.8 Å². The molecule has 5 heteroatoms. The van der Waals surface area contributed by atoms with Crippen LogP contribution in [-0.4, -0.2) is 18.2 Å². The van der Waals surface area contributed by atoms with E-state index in [-0.39, 0.29) is 29.1 Å². The van der Waals surface area contributed by atoms with Crippen molar-refractivity contribution in [2.24, 2.45) is 23.7 Å². The van der Waals surface area contributed by atoms with Gasteiger partial charge in [-0.2, -0.15) is 0 Å². The summed E-state index contributed by atoms with van der Waals surface area (Å²) in [6.07, 6.45) is 6.25. The van der Waals surface area contributed by atoms with Crippen molar-refractivity contribution in [3.8, 4) is 11.5 Å². The van der Waals surface area contributed by atoms with Crippen LogP contribution in [0.15, 0.2) is 112 Å². The summed E-state index contributed by atoms with van der Waals surface area (Å²) in [4.78, 5) is 16.7. The Morgan fingerprint density at radius 1 is 0.711 bits per heavy atom. The summed E-state index contributed by atoms with van der Waals surface area (Å²) in [5.74, 6) is 4.04. The van der Waals surface area contributed by atoms with Gasteiger partial charge in [0.1, 0.15) is 23.7 Å². The molecule has 0 radical (unpaired) electrons. The third-order valence-electron chi connectivity index (χ3n) is 10.4. The molecule has 4 aliphatic rings. The summed E-state index contributed by atoms with van der Waals surface area (Å²) in [7, 11) is -0.200. The van der Waals surface area contributed by atoms with Gasteiger partial charge in [0.25, 0.3) is 0 Å². The monoisotopic (exact) mass is 619 g/mol. The molecule has 4 aliphatic carbocycles. The molecule has 4 saturated carbocycles. The van der Waals surface area contributed by atoms with Crippen LogP contribution in [0.2, 0.25) is 0 Å². The van der Waals surface area contributed by atoms with Crippen LogP contribution in [-0.2, 0) is 27.0 Å². The first-order valence-corrected chi connectivity index (χ1v) is 17.6. The fraction of sp³-hybridized carbons (Fsp3) is 0.375. The number of rotatable bonds is 10. The Hall–Kier alpha value is -3.70. The van der Waals surface area contributed by atoms with Gasteiger partial charge < -0.3 is 14.2 Å². The van der Waals surface area contributed by atoms with E-state index in [9.17, 15) is 4.79 Å². The number of esters is 1. The van der Waals surface area contributed by atoms with E-state index < -0.39 is 0 Å². The molecule has 0 unspecified atom stereocenters. The predicted octanol–water partition coefficient (Wildman–Crippen LogP) is 9.11. The SMILES string of the molecule is Cc1cc([S+](c2ccccc2)c2ccccc2)cc(C)c1OCc1ccc(OCC(=O)OC2(C)C3CC4CC(C3)CC2C4)cc1. The molecule has 8 rings (SSSR count). The van der Waals surface area contributed by atoms with Crippen molar-refractivity contribution >= 4 is 16.9 Å².